The van der Waals surface area contributed by atoms with E-state index in [9.17, 15) is 4.79 Å². The number of hydrogen-bond acceptors (Lipinski definition) is 1. The van der Waals surface area contributed by atoms with E-state index in [1.54, 1.807) is 24.3 Å². The maximum absolute atomic E-state index is 11.8. The lowest BCUT2D eigenvalue weighted by molar-refractivity contribution is 0.252. The van der Waals surface area contributed by atoms with E-state index in [1.807, 2.05) is 0 Å². The van der Waals surface area contributed by atoms with Crippen LogP contribution in [0.5, 0.6) is 0 Å². The van der Waals surface area contributed by atoms with Crippen molar-refractivity contribution in [2.45, 2.75) is 20.3 Å². The van der Waals surface area contributed by atoms with Crippen molar-refractivity contribution in [3.63, 3.8) is 0 Å². The SMILES string of the molecule is Cc1ccc(CCNC(=O)Nc2ccc(Cl)cc2)cc1C. The topological polar surface area (TPSA) is 41.1 Å². The van der Waals surface area contributed by atoms with Crippen LogP contribution < -0.4 is 10.6 Å². The molecule has 0 atom stereocenters. The molecule has 0 heterocycles. The molecule has 2 amide bonds. The molecule has 0 fully saturated rings. The molecule has 110 valence electrons. The van der Waals surface area contributed by atoms with E-state index >= 15 is 0 Å². The molecule has 0 bridgehead atoms. The van der Waals surface area contributed by atoms with Gasteiger partial charge in [0.1, 0.15) is 0 Å². The van der Waals surface area contributed by atoms with Crippen LogP contribution >= 0.6 is 11.6 Å². The van der Waals surface area contributed by atoms with Crippen molar-refractivity contribution in [2.75, 3.05) is 11.9 Å². The van der Waals surface area contributed by atoms with Gasteiger partial charge in [-0.3, -0.25) is 0 Å². The predicted octanol–water partition coefficient (Wildman–Crippen LogP) is 4.32. The molecule has 21 heavy (non-hydrogen) atoms. The Morgan fingerprint density at radius 2 is 1.76 bits per heavy atom. The number of aryl methyl sites for hydroxylation is 2. The Labute approximate surface area is 130 Å². The van der Waals surface area contributed by atoms with Gasteiger partial charge in [0, 0.05) is 17.3 Å². The first kappa shape index (κ1) is 15.4. The third-order valence-electron chi connectivity index (χ3n) is 3.37. The van der Waals surface area contributed by atoms with Gasteiger partial charge < -0.3 is 10.6 Å². The van der Waals surface area contributed by atoms with Crippen molar-refractivity contribution in [1.82, 2.24) is 5.32 Å². The third-order valence-corrected chi connectivity index (χ3v) is 3.62. The molecule has 0 aromatic heterocycles. The smallest absolute Gasteiger partial charge is 0.319 e. The predicted molar refractivity (Wildman–Crippen MR) is 88.1 cm³/mol. The first-order valence-corrected chi connectivity index (χ1v) is 7.29. The number of amides is 2. The lowest BCUT2D eigenvalue weighted by atomic mass is 10.0. The zero-order valence-corrected chi connectivity index (χ0v) is 13.0. The van der Waals surface area contributed by atoms with Gasteiger partial charge in [-0.2, -0.15) is 0 Å². The number of carbonyl (C=O) groups is 1. The molecule has 0 saturated carbocycles. The molecule has 0 spiro atoms. The van der Waals surface area contributed by atoms with Gasteiger partial charge in [0.25, 0.3) is 0 Å². The van der Waals surface area contributed by atoms with Crippen molar-refractivity contribution in [1.29, 1.82) is 0 Å². The van der Waals surface area contributed by atoms with E-state index in [1.165, 1.54) is 16.7 Å². The van der Waals surface area contributed by atoms with E-state index < -0.39 is 0 Å². The van der Waals surface area contributed by atoms with Crippen LogP contribution in [0.1, 0.15) is 16.7 Å². The Hall–Kier alpha value is -2.00. The van der Waals surface area contributed by atoms with E-state index in [2.05, 4.69) is 42.7 Å². The number of halogens is 1. The summed E-state index contributed by atoms with van der Waals surface area (Å²) in [6.45, 7) is 4.79. The lowest BCUT2D eigenvalue weighted by Gasteiger charge is -2.09. The third kappa shape index (κ3) is 4.80. The summed E-state index contributed by atoms with van der Waals surface area (Å²) >= 11 is 5.80. The summed E-state index contributed by atoms with van der Waals surface area (Å²) in [5.74, 6) is 0. The maximum Gasteiger partial charge on any atom is 0.319 e. The van der Waals surface area contributed by atoms with Gasteiger partial charge in [-0.1, -0.05) is 29.8 Å². The Bertz CT molecular complexity index is 623. The summed E-state index contributed by atoms with van der Waals surface area (Å²) < 4.78 is 0. The van der Waals surface area contributed by atoms with Crippen molar-refractivity contribution in [3.8, 4) is 0 Å². The zero-order valence-electron chi connectivity index (χ0n) is 12.2. The fraction of sp³-hybridized carbons (Fsp3) is 0.235. The highest BCUT2D eigenvalue weighted by molar-refractivity contribution is 6.30. The Balaban J connectivity index is 1.78. The van der Waals surface area contributed by atoms with Crippen molar-refractivity contribution in [3.05, 3.63) is 64.2 Å². The van der Waals surface area contributed by atoms with Crippen LogP contribution in [0.2, 0.25) is 5.02 Å². The highest BCUT2D eigenvalue weighted by Gasteiger charge is 2.02. The van der Waals surface area contributed by atoms with Gasteiger partial charge >= 0.3 is 6.03 Å². The minimum Gasteiger partial charge on any atom is -0.338 e. The molecule has 2 N–H and O–H groups in total. The van der Waals surface area contributed by atoms with Crippen molar-refractivity contribution < 1.29 is 4.79 Å². The Kier molecular flexibility index (Phi) is 5.23. The van der Waals surface area contributed by atoms with Gasteiger partial charge in [0.2, 0.25) is 0 Å². The molecule has 2 rings (SSSR count). The lowest BCUT2D eigenvalue weighted by Crippen LogP contribution is -2.30. The molecular formula is C17H19ClN2O. The van der Waals surface area contributed by atoms with E-state index in [0.717, 1.165) is 12.1 Å². The van der Waals surface area contributed by atoms with Gasteiger partial charge in [-0.25, -0.2) is 4.79 Å². The van der Waals surface area contributed by atoms with Crippen LogP contribution in [0.25, 0.3) is 0 Å². The van der Waals surface area contributed by atoms with Gasteiger partial charge in [0.05, 0.1) is 0 Å². The molecule has 0 unspecified atom stereocenters. The largest absolute Gasteiger partial charge is 0.338 e. The van der Waals surface area contributed by atoms with Crippen LogP contribution in [0, 0.1) is 13.8 Å². The van der Waals surface area contributed by atoms with Crippen LogP contribution in [0.3, 0.4) is 0 Å². The first-order valence-electron chi connectivity index (χ1n) is 6.91. The maximum atomic E-state index is 11.8. The van der Waals surface area contributed by atoms with Crippen LogP contribution in [-0.2, 0) is 6.42 Å². The molecule has 3 nitrogen and oxygen atoms in total. The number of carbonyl (C=O) groups excluding carboxylic acids is 1. The summed E-state index contributed by atoms with van der Waals surface area (Å²) in [5, 5.41) is 6.26. The summed E-state index contributed by atoms with van der Waals surface area (Å²) in [6.07, 6.45) is 0.815. The summed E-state index contributed by atoms with van der Waals surface area (Å²) in [7, 11) is 0. The zero-order chi connectivity index (χ0) is 15.2. The fourth-order valence-electron chi connectivity index (χ4n) is 1.99. The number of urea groups is 1. The molecule has 0 saturated heterocycles. The average molecular weight is 303 g/mol. The van der Waals surface area contributed by atoms with Crippen molar-refractivity contribution >= 4 is 23.3 Å². The molecule has 0 aliphatic carbocycles. The summed E-state index contributed by atoms with van der Waals surface area (Å²) in [6, 6.07) is 13.2. The second-order valence-corrected chi connectivity index (χ2v) is 5.49. The normalized spacial score (nSPS) is 10.2. The van der Waals surface area contributed by atoms with Crippen LogP contribution in [0.15, 0.2) is 42.5 Å². The van der Waals surface area contributed by atoms with Gasteiger partial charge in [0.15, 0.2) is 0 Å². The minimum atomic E-state index is -0.207. The highest BCUT2D eigenvalue weighted by Crippen LogP contribution is 2.13. The molecule has 0 aliphatic heterocycles. The van der Waals surface area contributed by atoms with E-state index in [-0.39, 0.29) is 6.03 Å². The van der Waals surface area contributed by atoms with E-state index in [4.69, 9.17) is 11.6 Å². The summed E-state index contributed by atoms with van der Waals surface area (Å²) in [5.41, 5.74) is 4.51. The monoisotopic (exact) mass is 302 g/mol. The number of benzene rings is 2. The van der Waals surface area contributed by atoms with Crippen LogP contribution in [-0.4, -0.2) is 12.6 Å². The molecular weight excluding hydrogens is 284 g/mol. The Morgan fingerprint density at radius 1 is 1.05 bits per heavy atom. The standard InChI is InChI=1S/C17H19ClN2O/c1-12-3-4-14(11-13(12)2)9-10-19-17(21)20-16-7-5-15(18)6-8-16/h3-8,11H,9-10H2,1-2H3,(H2,19,20,21). The summed E-state index contributed by atoms with van der Waals surface area (Å²) in [4.78, 5) is 11.8. The van der Waals surface area contributed by atoms with Gasteiger partial charge in [-0.15, -0.1) is 0 Å². The molecule has 4 heteroatoms. The quantitative estimate of drug-likeness (QED) is 0.867. The van der Waals surface area contributed by atoms with Crippen molar-refractivity contribution in [2.24, 2.45) is 0 Å². The highest BCUT2D eigenvalue weighted by atomic mass is 35.5. The second-order valence-electron chi connectivity index (χ2n) is 5.06. The molecule has 0 radical (unpaired) electrons. The van der Waals surface area contributed by atoms with E-state index in [0.29, 0.717) is 11.6 Å². The number of anilines is 1. The Morgan fingerprint density at radius 3 is 2.43 bits per heavy atom. The molecule has 2 aromatic carbocycles. The number of rotatable bonds is 4. The first-order chi connectivity index (χ1) is 10.0. The minimum absolute atomic E-state index is 0.207. The number of hydrogen-bond donors (Lipinski definition) is 2. The number of nitrogens with one attached hydrogen (secondary N) is 2. The average Bonchev–Trinajstić information content (AvgIpc) is 2.45. The molecule has 2 aromatic rings. The second kappa shape index (κ2) is 7.14. The fourth-order valence-corrected chi connectivity index (χ4v) is 2.11. The van der Waals surface area contributed by atoms with Crippen LogP contribution in [0.4, 0.5) is 10.5 Å². The van der Waals surface area contributed by atoms with Gasteiger partial charge in [-0.05, 0) is 61.2 Å². The molecule has 0 aliphatic rings.